The zero-order chi connectivity index (χ0) is 15.8. The summed E-state index contributed by atoms with van der Waals surface area (Å²) >= 11 is 5.99. The first-order chi connectivity index (χ1) is 10.0. The van der Waals surface area contributed by atoms with Crippen molar-refractivity contribution in [2.24, 2.45) is 0 Å². The highest BCUT2D eigenvalue weighted by atomic mass is 35.5. The Hall–Kier alpha value is -2.03. The largest absolute Gasteiger partial charge is 0.395 e. The third-order valence-electron chi connectivity index (χ3n) is 2.90. The fourth-order valence-electron chi connectivity index (χ4n) is 1.63. The highest BCUT2D eigenvalue weighted by molar-refractivity contribution is 6.31. The first kappa shape index (κ1) is 17.0. The maximum absolute atomic E-state index is 12.1. The molecule has 112 valence electrons. The third-order valence-corrected chi connectivity index (χ3v) is 3.31. The number of halogens is 1. The number of hydrogen-bond acceptors (Lipinski definition) is 4. The van der Waals surface area contributed by atoms with Gasteiger partial charge in [-0.15, -0.1) is 0 Å². The lowest BCUT2D eigenvalue weighted by molar-refractivity contribution is -0.112. The summed E-state index contributed by atoms with van der Waals surface area (Å²) in [5.41, 5.74) is 1.41. The quantitative estimate of drug-likeness (QED) is 0.624. The number of hydrogen-bond donors (Lipinski definition) is 2. The van der Waals surface area contributed by atoms with Crippen LogP contribution in [0.5, 0.6) is 0 Å². The Kier molecular flexibility index (Phi) is 6.73. The number of amides is 1. The number of aliphatic hydroxyl groups is 1. The number of carbonyl (C=O) groups excluding carboxylic acids is 1. The summed E-state index contributed by atoms with van der Waals surface area (Å²) in [5.74, 6) is -0.506. The molecule has 0 aliphatic rings. The molecule has 0 aromatic heterocycles. The molecule has 6 heteroatoms. The second-order valence-electron chi connectivity index (χ2n) is 4.42. The first-order valence-corrected chi connectivity index (χ1v) is 6.94. The van der Waals surface area contributed by atoms with Crippen LogP contribution >= 0.6 is 11.6 Å². The van der Waals surface area contributed by atoms with Crippen molar-refractivity contribution in [3.05, 3.63) is 40.6 Å². The predicted octanol–water partition coefficient (Wildman–Crippen LogP) is 2.31. The topological polar surface area (TPSA) is 76.4 Å². The molecule has 0 saturated heterocycles. The Labute approximate surface area is 129 Å². The van der Waals surface area contributed by atoms with Gasteiger partial charge in [0.2, 0.25) is 0 Å². The van der Waals surface area contributed by atoms with E-state index in [1.54, 1.807) is 23.1 Å². The minimum absolute atomic E-state index is 0.0259. The summed E-state index contributed by atoms with van der Waals surface area (Å²) in [5, 5.41) is 21.2. The maximum Gasteiger partial charge on any atom is 0.267 e. The minimum Gasteiger partial charge on any atom is -0.395 e. The molecule has 2 N–H and O–H groups in total. The average molecular weight is 308 g/mol. The van der Waals surface area contributed by atoms with E-state index in [9.17, 15) is 4.79 Å². The summed E-state index contributed by atoms with van der Waals surface area (Å²) < 4.78 is 0. The molecule has 0 heterocycles. The smallest absolute Gasteiger partial charge is 0.267 e. The van der Waals surface area contributed by atoms with Gasteiger partial charge < -0.3 is 15.3 Å². The normalized spacial score (nSPS) is 10.9. The first-order valence-electron chi connectivity index (χ1n) is 6.56. The van der Waals surface area contributed by atoms with Crippen molar-refractivity contribution in [1.82, 2.24) is 4.90 Å². The van der Waals surface area contributed by atoms with Crippen LogP contribution in [-0.2, 0) is 4.79 Å². The Morgan fingerprint density at radius 3 is 2.81 bits per heavy atom. The van der Waals surface area contributed by atoms with Crippen LogP contribution in [0.4, 0.5) is 5.69 Å². The van der Waals surface area contributed by atoms with Crippen molar-refractivity contribution in [2.75, 3.05) is 25.0 Å². The molecule has 1 aromatic rings. The van der Waals surface area contributed by atoms with Crippen molar-refractivity contribution in [1.29, 1.82) is 5.26 Å². The van der Waals surface area contributed by atoms with Crippen LogP contribution in [0.25, 0.3) is 0 Å². The summed E-state index contributed by atoms with van der Waals surface area (Å²) in [6.07, 6.45) is 1.45. The highest BCUT2D eigenvalue weighted by Gasteiger charge is 2.11. The predicted molar refractivity (Wildman–Crippen MR) is 82.8 cm³/mol. The van der Waals surface area contributed by atoms with Gasteiger partial charge in [-0.1, -0.05) is 17.7 Å². The molecular formula is C15H18ClN3O2. The molecule has 1 aromatic carbocycles. The molecule has 0 fully saturated rings. The lowest BCUT2D eigenvalue weighted by atomic mass is 10.2. The summed E-state index contributed by atoms with van der Waals surface area (Å²) in [6, 6.07) is 7.01. The van der Waals surface area contributed by atoms with Crippen molar-refractivity contribution < 1.29 is 9.90 Å². The number of benzene rings is 1. The van der Waals surface area contributed by atoms with Crippen LogP contribution in [0.3, 0.4) is 0 Å². The molecule has 0 spiro atoms. The maximum atomic E-state index is 12.1. The van der Waals surface area contributed by atoms with Gasteiger partial charge in [0.05, 0.1) is 6.61 Å². The molecule has 0 aliphatic carbocycles. The number of nitrogens with zero attached hydrogens (tertiary/aromatic N) is 2. The van der Waals surface area contributed by atoms with Gasteiger partial charge >= 0.3 is 0 Å². The fraction of sp³-hybridized carbons (Fsp3) is 0.333. The van der Waals surface area contributed by atoms with Crippen molar-refractivity contribution in [3.63, 3.8) is 0 Å². The Morgan fingerprint density at radius 1 is 1.57 bits per heavy atom. The van der Waals surface area contributed by atoms with E-state index in [4.69, 9.17) is 22.0 Å². The van der Waals surface area contributed by atoms with Gasteiger partial charge in [0, 0.05) is 30.0 Å². The fourth-order valence-corrected chi connectivity index (χ4v) is 1.81. The van der Waals surface area contributed by atoms with E-state index in [1.807, 2.05) is 19.9 Å². The van der Waals surface area contributed by atoms with E-state index in [0.717, 1.165) is 5.56 Å². The summed E-state index contributed by atoms with van der Waals surface area (Å²) in [7, 11) is 0. The van der Waals surface area contributed by atoms with E-state index < -0.39 is 5.91 Å². The molecule has 0 radical (unpaired) electrons. The average Bonchev–Trinajstić information content (AvgIpc) is 2.47. The zero-order valence-corrected chi connectivity index (χ0v) is 12.8. The van der Waals surface area contributed by atoms with Gasteiger partial charge in [-0.3, -0.25) is 4.79 Å². The lowest BCUT2D eigenvalue weighted by Gasteiger charge is -2.17. The van der Waals surface area contributed by atoms with Gasteiger partial charge in [0.15, 0.2) is 0 Å². The molecule has 0 aliphatic heterocycles. The van der Waals surface area contributed by atoms with Gasteiger partial charge in [-0.05, 0) is 31.5 Å². The van der Waals surface area contributed by atoms with Gasteiger partial charge in [-0.25, -0.2) is 0 Å². The number of aryl methyl sites for hydroxylation is 1. The molecule has 21 heavy (non-hydrogen) atoms. The van der Waals surface area contributed by atoms with Crippen LogP contribution in [0.1, 0.15) is 12.5 Å². The van der Waals surface area contributed by atoms with Crippen LogP contribution in [0, 0.1) is 18.3 Å². The molecule has 0 bridgehead atoms. The molecular weight excluding hydrogens is 290 g/mol. The Bertz CT molecular complexity index is 579. The van der Waals surface area contributed by atoms with Crippen molar-refractivity contribution in [2.45, 2.75) is 13.8 Å². The van der Waals surface area contributed by atoms with E-state index in [1.165, 1.54) is 6.20 Å². The van der Waals surface area contributed by atoms with E-state index in [0.29, 0.717) is 23.8 Å². The summed E-state index contributed by atoms with van der Waals surface area (Å²) in [4.78, 5) is 13.8. The lowest BCUT2D eigenvalue weighted by Crippen LogP contribution is -2.23. The number of aliphatic hydroxyl groups excluding tert-OH is 1. The minimum atomic E-state index is -0.506. The molecule has 0 atom stereocenters. The second kappa shape index (κ2) is 8.30. The number of carbonyl (C=O) groups is 1. The monoisotopic (exact) mass is 307 g/mol. The van der Waals surface area contributed by atoms with Gasteiger partial charge in [-0.2, -0.15) is 5.26 Å². The van der Waals surface area contributed by atoms with Crippen LogP contribution in [0.15, 0.2) is 30.0 Å². The number of rotatable bonds is 6. The van der Waals surface area contributed by atoms with Crippen LogP contribution < -0.4 is 5.32 Å². The van der Waals surface area contributed by atoms with Gasteiger partial charge in [0.25, 0.3) is 5.91 Å². The molecule has 1 amide bonds. The van der Waals surface area contributed by atoms with Crippen molar-refractivity contribution in [3.8, 4) is 6.07 Å². The third kappa shape index (κ3) is 5.10. The van der Waals surface area contributed by atoms with Crippen LogP contribution in [-0.4, -0.2) is 35.6 Å². The van der Waals surface area contributed by atoms with E-state index in [-0.39, 0.29) is 12.2 Å². The number of likely N-dealkylation sites (N-methyl/N-ethyl adjacent to an activating group) is 1. The van der Waals surface area contributed by atoms with Crippen molar-refractivity contribution >= 4 is 23.2 Å². The number of anilines is 1. The Balaban J connectivity index is 2.86. The molecule has 0 saturated carbocycles. The number of nitriles is 1. The van der Waals surface area contributed by atoms with Gasteiger partial charge in [0.1, 0.15) is 11.6 Å². The SMILES string of the molecule is CCN(/C=C(/C#N)C(=O)Nc1ccc(C)c(Cl)c1)CCO. The van der Waals surface area contributed by atoms with E-state index >= 15 is 0 Å². The zero-order valence-electron chi connectivity index (χ0n) is 12.1. The Morgan fingerprint density at radius 2 is 2.29 bits per heavy atom. The highest BCUT2D eigenvalue weighted by Crippen LogP contribution is 2.20. The summed E-state index contributed by atoms with van der Waals surface area (Å²) in [6.45, 7) is 4.65. The number of nitrogens with one attached hydrogen (secondary N) is 1. The van der Waals surface area contributed by atoms with E-state index in [2.05, 4.69) is 5.32 Å². The molecule has 1 rings (SSSR count). The standard InChI is InChI=1S/C15H18ClN3O2/c1-3-19(6-7-20)10-12(9-17)15(21)18-13-5-4-11(2)14(16)8-13/h4-5,8,10,20H,3,6-7H2,1-2H3,(H,18,21)/b12-10-. The second-order valence-corrected chi connectivity index (χ2v) is 4.83. The molecule has 0 unspecified atom stereocenters. The molecule has 5 nitrogen and oxygen atoms in total. The van der Waals surface area contributed by atoms with Crippen LogP contribution in [0.2, 0.25) is 5.02 Å².